The van der Waals surface area contributed by atoms with Crippen LogP contribution < -0.4 is 14.4 Å². The fraction of sp³-hybridized carbons (Fsp3) is 0.174. The molecule has 0 unspecified atom stereocenters. The molecular weight excluding hydrogens is 436 g/mol. The lowest BCUT2D eigenvalue weighted by Gasteiger charge is -2.24. The Bertz CT molecular complexity index is 1120. The van der Waals surface area contributed by atoms with Gasteiger partial charge < -0.3 is 10.1 Å². The van der Waals surface area contributed by atoms with E-state index in [2.05, 4.69) is 5.32 Å². The molecule has 0 aliphatic rings. The summed E-state index contributed by atoms with van der Waals surface area (Å²) in [6, 6.07) is 22.1. The third-order valence-electron chi connectivity index (χ3n) is 4.46. The second kappa shape index (κ2) is 10.3. The van der Waals surface area contributed by atoms with Crippen molar-refractivity contribution in [2.45, 2.75) is 11.8 Å². The van der Waals surface area contributed by atoms with Gasteiger partial charge in [0.2, 0.25) is 5.91 Å². The summed E-state index contributed by atoms with van der Waals surface area (Å²) in [5, 5.41) is 3.17. The summed E-state index contributed by atoms with van der Waals surface area (Å²) in [7, 11) is -3.92. The minimum absolute atomic E-state index is 0.116. The molecule has 0 saturated carbocycles. The largest absolute Gasteiger partial charge is 0.490 e. The molecule has 3 aromatic carbocycles. The number of nitrogens with zero attached hydrogens (tertiary/aromatic N) is 1. The molecule has 0 atom stereocenters. The molecule has 3 aromatic rings. The van der Waals surface area contributed by atoms with Crippen molar-refractivity contribution in [3.05, 3.63) is 89.4 Å². The third-order valence-corrected chi connectivity index (χ3v) is 6.56. The van der Waals surface area contributed by atoms with E-state index in [1.165, 1.54) is 12.1 Å². The van der Waals surface area contributed by atoms with Crippen LogP contribution in [0.5, 0.6) is 5.75 Å². The van der Waals surface area contributed by atoms with Crippen LogP contribution in [0.3, 0.4) is 0 Å². The highest BCUT2D eigenvalue weighted by Crippen LogP contribution is 2.24. The Morgan fingerprint density at radius 2 is 1.61 bits per heavy atom. The topological polar surface area (TPSA) is 75.7 Å². The first kappa shape index (κ1) is 22.7. The highest BCUT2D eigenvalue weighted by Gasteiger charge is 2.26. The van der Waals surface area contributed by atoms with E-state index in [-0.39, 0.29) is 24.6 Å². The maximum atomic E-state index is 13.2. The van der Waals surface area contributed by atoms with E-state index in [0.29, 0.717) is 16.5 Å². The fourth-order valence-electron chi connectivity index (χ4n) is 2.85. The monoisotopic (exact) mass is 458 g/mol. The van der Waals surface area contributed by atoms with Crippen molar-refractivity contribution in [1.29, 1.82) is 0 Å². The predicted molar refractivity (Wildman–Crippen MR) is 122 cm³/mol. The van der Waals surface area contributed by atoms with Crippen molar-refractivity contribution in [3.63, 3.8) is 0 Å². The van der Waals surface area contributed by atoms with Gasteiger partial charge in [0, 0.05) is 0 Å². The summed E-state index contributed by atoms with van der Waals surface area (Å²) in [5.41, 5.74) is 1.40. The SMILES string of the molecule is Cc1ccc(N(CC(=O)NCCOc2ccccc2Cl)S(=O)(=O)c2ccccc2)cc1. The zero-order chi connectivity index (χ0) is 22.3. The van der Waals surface area contributed by atoms with Crippen molar-refractivity contribution in [1.82, 2.24) is 5.32 Å². The number of hydrogen-bond donors (Lipinski definition) is 1. The van der Waals surface area contributed by atoms with E-state index in [4.69, 9.17) is 16.3 Å². The number of para-hydroxylation sites is 1. The quantitative estimate of drug-likeness (QED) is 0.491. The van der Waals surface area contributed by atoms with Crippen LogP contribution in [0.25, 0.3) is 0 Å². The molecular formula is C23H23ClN2O4S. The molecule has 162 valence electrons. The van der Waals surface area contributed by atoms with Crippen LogP contribution in [0.15, 0.2) is 83.8 Å². The number of sulfonamides is 1. The molecule has 1 N–H and O–H groups in total. The number of rotatable bonds is 9. The molecule has 1 amide bonds. The minimum Gasteiger partial charge on any atom is -0.490 e. The number of hydrogen-bond acceptors (Lipinski definition) is 4. The van der Waals surface area contributed by atoms with E-state index in [9.17, 15) is 13.2 Å². The van der Waals surface area contributed by atoms with Gasteiger partial charge in [-0.1, -0.05) is 59.6 Å². The summed E-state index contributed by atoms with van der Waals surface area (Å²) in [6.07, 6.45) is 0. The van der Waals surface area contributed by atoms with E-state index < -0.39 is 15.9 Å². The number of carbonyl (C=O) groups is 1. The van der Waals surface area contributed by atoms with Gasteiger partial charge in [0.15, 0.2) is 0 Å². The summed E-state index contributed by atoms with van der Waals surface area (Å²) in [5.74, 6) is 0.0780. The van der Waals surface area contributed by atoms with Crippen LogP contribution in [0.2, 0.25) is 5.02 Å². The molecule has 8 heteroatoms. The van der Waals surface area contributed by atoms with E-state index in [0.717, 1.165) is 9.87 Å². The Morgan fingerprint density at radius 3 is 2.29 bits per heavy atom. The predicted octanol–water partition coefficient (Wildman–Crippen LogP) is 4.04. The molecule has 0 aromatic heterocycles. The summed E-state index contributed by atoms with van der Waals surface area (Å²) in [4.78, 5) is 12.7. The van der Waals surface area contributed by atoms with Crippen molar-refractivity contribution >= 4 is 33.2 Å². The fourth-order valence-corrected chi connectivity index (χ4v) is 4.48. The number of aryl methyl sites for hydroxylation is 1. The van der Waals surface area contributed by atoms with Crippen molar-refractivity contribution in [2.75, 3.05) is 24.0 Å². The number of ether oxygens (including phenoxy) is 1. The molecule has 0 spiro atoms. The number of halogens is 1. The average molecular weight is 459 g/mol. The minimum atomic E-state index is -3.92. The smallest absolute Gasteiger partial charge is 0.264 e. The van der Waals surface area contributed by atoms with Crippen LogP contribution in [-0.2, 0) is 14.8 Å². The van der Waals surface area contributed by atoms with Gasteiger partial charge in [0.05, 0.1) is 22.2 Å². The highest BCUT2D eigenvalue weighted by atomic mass is 35.5. The van der Waals surface area contributed by atoms with Gasteiger partial charge in [-0.15, -0.1) is 0 Å². The first-order valence-electron chi connectivity index (χ1n) is 9.66. The van der Waals surface area contributed by atoms with Gasteiger partial charge in [0.25, 0.3) is 10.0 Å². The number of anilines is 1. The molecule has 0 fully saturated rings. The second-order valence-corrected chi connectivity index (χ2v) is 9.06. The molecule has 0 radical (unpaired) electrons. The Hall–Kier alpha value is -3.03. The molecule has 6 nitrogen and oxygen atoms in total. The maximum absolute atomic E-state index is 13.2. The summed E-state index contributed by atoms with van der Waals surface area (Å²) in [6.45, 7) is 1.96. The third kappa shape index (κ3) is 5.99. The Balaban J connectivity index is 1.69. The van der Waals surface area contributed by atoms with Crippen molar-refractivity contribution in [3.8, 4) is 5.75 Å². The average Bonchev–Trinajstić information content (AvgIpc) is 2.77. The lowest BCUT2D eigenvalue weighted by Crippen LogP contribution is -2.41. The molecule has 31 heavy (non-hydrogen) atoms. The van der Waals surface area contributed by atoms with Crippen LogP contribution >= 0.6 is 11.6 Å². The van der Waals surface area contributed by atoms with E-state index in [1.807, 2.05) is 6.92 Å². The molecule has 0 aliphatic carbocycles. The van der Waals surface area contributed by atoms with Crippen molar-refractivity contribution < 1.29 is 17.9 Å². The number of benzene rings is 3. The van der Waals surface area contributed by atoms with Gasteiger partial charge in [-0.3, -0.25) is 9.10 Å². The molecule has 0 heterocycles. The normalized spacial score (nSPS) is 11.0. The first-order chi connectivity index (χ1) is 14.9. The lowest BCUT2D eigenvalue weighted by atomic mass is 10.2. The number of amides is 1. The van der Waals surface area contributed by atoms with Gasteiger partial charge in [0.1, 0.15) is 18.9 Å². The van der Waals surface area contributed by atoms with E-state index in [1.54, 1.807) is 66.7 Å². The standard InChI is InChI=1S/C23H23ClN2O4S/c1-18-11-13-19(14-12-18)26(31(28,29)20-7-3-2-4-8-20)17-23(27)25-15-16-30-22-10-6-5-9-21(22)24/h2-14H,15-17H2,1H3,(H,25,27). The second-order valence-electron chi connectivity index (χ2n) is 6.79. The molecule has 0 aliphatic heterocycles. The molecule has 0 bridgehead atoms. The van der Waals surface area contributed by atoms with Crippen LogP contribution in [0.4, 0.5) is 5.69 Å². The zero-order valence-electron chi connectivity index (χ0n) is 17.0. The van der Waals surface area contributed by atoms with Crippen LogP contribution in [0.1, 0.15) is 5.56 Å². The zero-order valence-corrected chi connectivity index (χ0v) is 18.6. The summed E-state index contributed by atoms with van der Waals surface area (Å²) < 4.78 is 33.1. The van der Waals surface area contributed by atoms with Gasteiger partial charge in [-0.05, 0) is 43.3 Å². The van der Waals surface area contributed by atoms with Crippen molar-refractivity contribution in [2.24, 2.45) is 0 Å². The first-order valence-corrected chi connectivity index (χ1v) is 11.5. The Kier molecular flexibility index (Phi) is 7.55. The Morgan fingerprint density at radius 1 is 0.968 bits per heavy atom. The van der Waals surface area contributed by atoms with Gasteiger partial charge in [-0.2, -0.15) is 0 Å². The van der Waals surface area contributed by atoms with Crippen LogP contribution in [0, 0.1) is 6.92 Å². The lowest BCUT2D eigenvalue weighted by molar-refractivity contribution is -0.119. The molecule has 0 saturated heterocycles. The van der Waals surface area contributed by atoms with E-state index >= 15 is 0 Å². The molecule has 3 rings (SSSR count). The number of nitrogens with one attached hydrogen (secondary N) is 1. The maximum Gasteiger partial charge on any atom is 0.264 e. The summed E-state index contributed by atoms with van der Waals surface area (Å²) >= 11 is 6.04. The highest BCUT2D eigenvalue weighted by molar-refractivity contribution is 7.92. The Labute approximate surface area is 187 Å². The van der Waals surface area contributed by atoms with Crippen LogP contribution in [-0.4, -0.2) is 34.0 Å². The van der Waals surface area contributed by atoms with Gasteiger partial charge in [-0.25, -0.2) is 8.42 Å². The number of carbonyl (C=O) groups excluding carboxylic acids is 1. The van der Waals surface area contributed by atoms with Gasteiger partial charge >= 0.3 is 0 Å².